The Morgan fingerprint density at radius 1 is 1.43 bits per heavy atom. The molecule has 0 aromatic rings. The van der Waals surface area contributed by atoms with Crippen LogP contribution in [0.5, 0.6) is 0 Å². The average molecular weight is 139 g/mol. The topological polar surface area (TPSA) is 0 Å². The molecule has 2 heteroatoms. The highest BCUT2D eigenvalue weighted by Gasteiger charge is 1.85. The molecule has 0 N–H and O–H groups in total. The van der Waals surface area contributed by atoms with E-state index in [-0.39, 0.29) is 0 Å². The van der Waals surface area contributed by atoms with Crippen molar-refractivity contribution in [2.45, 2.75) is 6.92 Å². The zero-order chi connectivity index (χ0) is 5.70. The first kappa shape index (κ1) is 7.32. The fourth-order valence-corrected chi connectivity index (χ4v) is 0.784. The second-order valence-corrected chi connectivity index (χ2v) is 1.75. The summed E-state index contributed by atoms with van der Waals surface area (Å²) in [5.41, 5.74) is 1.09. The van der Waals surface area contributed by atoms with Gasteiger partial charge in [-0.3, -0.25) is 0 Å². The van der Waals surface area contributed by atoms with Crippen molar-refractivity contribution in [1.29, 1.82) is 0 Å². The van der Waals surface area contributed by atoms with Crippen molar-refractivity contribution in [3.05, 3.63) is 11.6 Å². The smallest absolute Gasteiger partial charge is 0.0445 e. The monoisotopic (exact) mass is 138 g/mol. The molecule has 7 heavy (non-hydrogen) atoms. The van der Waals surface area contributed by atoms with Crippen LogP contribution in [0.3, 0.4) is 0 Å². The molecule has 0 rings (SSSR count). The van der Waals surface area contributed by atoms with Gasteiger partial charge in [-0.25, -0.2) is 0 Å². The van der Waals surface area contributed by atoms with Gasteiger partial charge >= 0.3 is 0 Å². The van der Waals surface area contributed by atoms with Crippen molar-refractivity contribution in [1.82, 2.24) is 0 Å². The maximum Gasteiger partial charge on any atom is 0.0445 e. The van der Waals surface area contributed by atoms with Crippen molar-refractivity contribution >= 4 is 23.2 Å². The van der Waals surface area contributed by atoms with E-state index in [4.69, 9.17) is 23.2 Å². The summed E-state index contributed by atoms with van der Waals surface area (Å²) in [5, 5.41) is 0. The minimum Gasteiger partial charge on any atom is -0.122 e. The lowest BCUT2D eigenvalue weighted by Crippen LogP contribution is -1.82. The molecule has 0 atom stereocenters. The number of rotatable bonds is 2. The fourth-order valence-electron chi connectivity index (χ4n) is 0.190. The van der Waals surface area contributed by atoms with E-state index < -0.39 is 0 Å². The Morgan fingerprint density at radius 3 is 1.86 bits per heavy atom. The van der Waals surface area contributed by atoms with Crippen molar-refractivity contribution in [3.63, 3.8) is 0 Å². The summed E-state index contributed by atoms with van der Waals surface area (Å²) >= 11 is 10.8. The van der Waals surface area contributed by atoms with Gasteiger partial charge in [0.1, 0.15) is 0 Å². The van der Waals surface area contributed by atoms with Crippen LogP contribution in [-0.2, 0) is 0 Å². The van der Waals surface area contributed by atoms with Crippen LogP contribution in [0.1, 0.15) is 6.92 Å². The molecule has 0 heterocycles. The van der Waals surface area contributed by atoms with Crippen molar-refractivity contribution < 1.29 is 0 Å². The molecule has 0 aromatic carbocycles. The Morgan fingerprint density at radius 2 is 1.86 bits per heavy atom. The highest BCUT2D eigenvalue weighted by atomic mass is 35.5. The summed E-state index contributed by atoms with van der Waals surface area (Å²) in [6.07, 6.45) is 1.93. The quantitative estimate of drug-likeness (QED) is 0.407. The summed E-state index contributed by atoms with van der Waals surface area (Å²) in [6.45, 7) is 1.93. The van der Waals surface area contributed by atoms with Gasteiger partial charge in [0.15, 0.2) is 0 Å². The first-order valence-electron chi connectivity index (χ1n) is 2.11. The van der Waals surface area contributed by atoms with Crippen LogP contribution in [0.25, 0.3) is 0 Å². The second kappa shape index (κ2) is 4.48. The average Bonchev–Trinajstić information content (AvgIpc) is 1.72. The second-order valence-electron chi connectivity index (χ2n) is 1.21. The molecule has 42 valence electrons. The highest BCUT2D eigenvalue weighted by Crippen LogP contribution is 1.98. The third kappa shape index (κ3) is 2.95. The minimum atomic E-state index is 0.556. The highest BCUT2D eigenvalue weighted by molar-refractivity contribution is 6.23. The van der Waals surface area contributed by atoms with E-state index >= 15 is 0 Å². The van der Waals surface area contributed by atoms with Gasteiger partial charge in [-0.15, -0.1) is 23.2 Å². The predicted molar refractivity (Wildman–Crippen MR) is 35.2 cm³/mol. The minimum absolute atomic E-state index is 0.556. The molecule has 0 unspecified atom stereocenters. The molecule has 0 saturated heterocycles. The molecule has 0 aliphatic rings. The summed E-state index contributed by atoms with van der Waals surface area (Å²) in [7, 11) is 0. The zero-order valence-corrected chi connectivity index (χ0v) is 5.76. The zero-order valence-electron chi connectivity index (χ0n) is 4.25. The largest absolute Gasteiger partial charge is 0.122 e. The Bertz CT molecular complexity index is 60.5. The van der Waals surface area contributed by atoms with Gasteiger partial charge in [-0.05, 0) is 12.5 Å². The molecular formula is C5H8Cl2. The van der Waals surface area contributed by atoms with E-state index in [2.05, 4.69) is 0 Å². The van der Waals surface area contributed by atoms with E-state index in [1.807, 2.05) is 13.0 Å². The summed E-state index contributed by atoms with van der Waals surface area (Å²) in [4.78, 5) is 0. The van der Waals surface area contributed by atoms with Crippen LogP contribution in [0.15, 0.2) is 11.6 Å². The lowest BCUT2D eigenvalue weighted by Gasteiger charge is -1.89. The van der Waals surface area contributed by atoms with E-state index in [9.17, 15) is 0 Å². The number of hydrogen-bond donors (Lipinski definition) is 0. The van der Waals surface area contributed by atoms with Gasteiger partial charge in [0.2, 0.25) is 0 Å². The third-order valence-corrected chi connectivity index (χ3v) is 1.44. The molecule has 0 spiro atoms. The molecule has 0 saturated carbocycles. The number of alkyl halides is 2. The van der Waals surface area contributed by atoms with E-state index in [0.717, 1.165) is 5.57 Å². The molecular weight excluding hydrogens is 131 g/mol. The van der Waals surface area contributed by atoms with Crippen molar-refractivity contribution in [2.24, 2.45) is 0 Å². The lowest BCUT2D eigenvalue weighted by atomic mass is 10.3. The molecule has 0 aromatic heterocycles. The maximum atomic E-state index is 5.42. The van der Waals surface area contributed by atoms with Crippen molar-refractivity contribution in [2.75, 3.05) is 11.8 Å². The number of hydrogen-bond acceptors (Lipinski definition) is 0. The Balaban J connectivity index is 3.38. The molecule has 0 bridgehead atoms. The van der Waals surface area contributed by atoms with E-state index in [1.165, 1.54) is 0 Å². The number of allylic oxidation sites excluding steroid dienone is 2. The summed E-state index contributed by atoms with van der Waals surface area (Å²) < 4.78 is 0. The molecule has 0 aliphatic carbocycles. The van der Waals surface area contributed by atoms with Gasteiger partial charge < -0.3 is 0 Å². The van der Waals surface area contributed by atoms with Crippen LogP contribution in [-0.4, -0.2) is 11.8 Å². The van der Waals surface area contributed by atoms with Gasteiger partial charge in [0.05, 0.1) is 0 Å². The molecule has 0 aliphatic heterocycles. The number of halogens is 2. The van der Waals surface area contributed by atoms with Gasteiger partial charge in [-0.1, -0.05) is 6.08 Å². The molecule has 0 nitrogen and oxygen atoms in total. The maximum absolute atomic E-state index is 5.42. The molecule has 0 fully saturated rings. The molecule has 0 radical (unpaired) electrons. The van der Waals surface area contributed by atoms with Crippen molar-refractivity contribution in [3.8, 4) is 0 Å². The van der Waals surface area contributed by atoms with Crippen LogP contribution < -0.4 is 0 Å². The Labute approximate surface area is 54.1 Å². The standard InChI is InChI=1S/C5H8Cl2/c1-2-5(3-6)4-7/h2H,3-4H2,1H3. The van der Waals surface area contributed by atoms with Crippen LogP contribution >= 0.6 is 23.2 Å². The first-order chi connectivity index (χ1) is 3.35. The van der Waals surface area contributed by atoms with Crippen LogP contribution in [0.4, 0.5) is 0 Å². The van der Waals surface area contributed by atoms with Gasteiger partial charge in [-0.2, -0.15) is 0 Å². The van der Waals surface area contributed by atoms with Crippen LogP contribution in [0.2, 0.25) is 0 Å². The summed E-state index contributed by atoms with van der Waals surface area (Å²) in [5.74, 6) is 1.11. The fraction of sp³-hybridized carbons (Fsp3) is 0.600. The molecule has 0 amide bonds. The van der Waals surface area contributed by atoms with Gasteiger partial charge in [0, 0.05) is 11.8 Å². The Hall–Kier alpha value is 0.320. The van der Waals surface area contributed by atoms with E-state index in [0.29, 0.717) is 11.8 Å². The summed E-state index contributed by atoms with van der Waals surface area (Å²) in [6, 6.07) is 0. The van der Waals surface area contributed by atoms with Gasteiger partial charge in [0.25, 0.3) is 0 Å². The van der Waals surface area contributed by atoms with Crippen LogP contribution in [0, 0.1) is 0 Å². The normalized spacial score (nSPS) is 8.43. The first-order valence-corrected chi connectivity index (χ1v) is 3.18. The third-order valence-electron chi connectivity index (χ3n) is 0.752. The van der Waals surface area contributed by atoms with E-state index in [1.54, 1.807) is 0 Å². The lowest BCUT2D eigenvalue weighted by molar-refractivity contribution is 1.38. The SMILES string of the molecule is CC=C(CCl)CCl. The predicted octanol–water partition coefficient (Wildman–Crippen LogP) is 2.41. The Kier molecular flexibility index (Phi) is 4.68.